The van der Waals surface area contributed by atoms with E-state index >= 15 is 0 Å². The molecule has 1 unspecified atom stereocenters. The average molecular weight is 263 g/mol. The zero-order valence-corrected chi connectivity index (χ0v) is 10.9. The van der Waals surface area contributed by atoms with Gasteiger partial charge in [-0.05, 0) is 36.6 Å². The molecule has 5 heteroatoms. The molecule has 3 N–H and O–H groups in total. The first-order chi connectivity index (χ1) is 9.11. The second-order valence-electron chi connectivity index (χ2n) is 4.62. The van der Waals surface area contributed by atoms with E-state index in [2.05, 4.69) is 4.98 Å². The number of aryl methyl sites for hydroxylation is 3. The number of nitrogens with zero attached hydrogens (tertiary/aromatic N) is 2. The molecular formula is C14H18FN3O. The Morgan fingerprint density at radius 2 is 2.26 bits per heavy atom. The molecule has 0 bridgehead atoms. The molecule has 2 aromatic rings. The van der Waals surface area contributed by atoms with Gasteiger partial charge in [0.2, 0.25) is 0 Å². The summed E-state index contributed by atoms with van der Waals surface area (Å²) in [5.41, 5.74) is 8.64. The van der Waals surface area contributed by atoms with Crippen molar-refractivity contribution in [2.45, 2.75) is 25.9 Å². The molecule has 4 nitrogen and oxygen atoms in total. The molecule has 1 aromatic carbocycles. The van der Waals surface area contributed by atoms with Gasteiger partial charge in [-0.2, -0.15) is 0 Å². The number of aliphatic hydroxyl groups excluding tert-OH is 1. The van der Waals surface area contributed by atoms with E-state index in [9.17, 15) is 4.39 Å². The van der Waals surface area contributed by atoms with E-state index in [0.29, 0.717) is 6.54 Å². The van der Waals surface area contributed by atoms with Gasteiger partial charge in [-0.1, -0.05) is 6.07 Å². The number of nitrogens with two attached hydrogens (primary N) is 1. The summed E-state index contributed by atoms with van der Waals surface area (Å²) in [7, 11) is 0. The van der Waals surface area contributed by atoms with Gasteiger partial charge in [-0.3, -0.25) is 0 Å². The first kappa shape index (κ1) is 13.7. The molecule has 0 aliphatic heterocycles. The summed E-state index contributed by atoms with van der Waals surface area (Å²) in [6.07, 6.45) is 4.13. The van der Waals surface area contributed by atoms with Crippen molar-refractivity contribution in [2.24, 2.45) is 5.73 Å². The third-order valence-corrected chi connectivity index (χ3v) is 3.25. The highest BCUT2D eigenvalue weighted by molar-refractivity contribution is 5.26. The first-order valence-corrected chi connectivity index (χ1v) is 6.23. The van der Waals surface area contributed by atoms with E-state index in [1.54, 1.807) is 18.6 Å². The molecule has 19 heavy (non-hydrogen) atoms. The van der Waals surface area contributed by atoms with Crippen molar-refractivity contribution in [2.75, 3.05) is 6.61 Å². The average Bonchev–Trinajstić information content (AvgIpc) is 2.85. The van der Waals surface area contributed by atoms with E-state index in [0.717, 1.165) is 23.2 Å². The Bertz CT molecular complexity index is 553. The van der Waals surface area contributed by atoms with Gasteiger partial charge in [0.15, 0.2) is 0 Å². The van der Waals surface area contributed by atoms with Gasteiger partial charge in [0, 0.05) is 12.7 Å². The molecule has 0 saturated heterocycles. The molecule has 2 rings (SSSR count). The smallest absolute Gasteiger partial charge is 0.123 e. The van der Waals surface area contributed by atoms with Gasteiger partial charge in [-0.15, -0.1) is 0 Å². The highest BCUT2D eigenvalue weighted by Gasteiger charge is 2.10. The standard InChI is InChI=1S/C14H18FN3O/c1-10-6-12(15)3-2-11(10)4-5-18-9-17-7-14(18)13(16)8-19/h2-3,6-7,9,13,19H,4-5,8,16H2,1H3. The van der Waals surface area contributed by atoms with E-state index in [1.807, 2.05) is 11.5 Å². The third-order valence-electron chi connectivity index (χ3n) is 3.25. The summed E-state index contributed by atoms with van der Waals surface area (Å²) in [5, 5.41) is 9.08. The molecule has 1 heterocycles. The fraction of sp³-hybridized carbons (Fsp3) is 0.357. The summed E-state index contributed by atoms with van der Waals surface area (Å²) < 4.78 is 14.9. The number of imidazole rings is 1. The van der Waals surface area contributed by atoms with Crippen molar-refractivity contribution in [3.63, 3.8) is 0 Å². The Labute approximate surface area is 111 Å². The summed E-state index contributed by atoms with van der Waals surface area (Å²) in [6, 6.07) is 4.38. The number of aromatic nitrogens is 2. The van der Waals surface area contributed by atoms with Crippen LogP contribution >= 0.6 is 0 Å². The molecular weight excluding hydrogens is 245 g/mol. The van der Waals surface area contributed by atoms with Crippen LogP contribution in [0.3, 0.4) is 0 Å². The molecule has 102 valence electrons. The van der Waals surface area contributed by atoms with Crippen LogP contribution in [-0.2, 0) is 13.0 Å². The molecule has 0 fully saturated rings. The van der Waals surface area contributed by atoms with Gasteiger partial charge >= 0.3 is 0 Å². The van der Waals surface area contributed by atoms with E-state index < -0.39 is 6.04 Å². The second-order valence-corrected chi connectivity index (χ2v) is 4.62. The van der Waals surface area contributed by atoms with Crippen molar-refractivity contribution >= 4 is 0 Å². The topological polar surface area (TPSA) is 64.1 Å². The van der Waals surface area contributed by atoms with Crippen LogP contribution in [0, 0.1) is 12.7 Å². The van der Waals surface area contributed by atoms with Crippen molar-refractivity contribution in [1.29, 1.82) is 0 Å². The van der Waals surface area contributed by atoms with Crippen LogP contribution in [0.15, 0.2) is 30.7 Å². The Balaban J connectivity index is 2.08. The maximum absolute atomic E-state index is 13.0. The minimum atomic E-state index is -0.420. The van der Waals surface area contributed by atoms with Crippen LogP contribution in [0.25, 0.3) is 0 Å². The highest BCUT2D eigenvalue weighted by Crippen LogP contribution is 2.14. The second kappa shape index (κ2) is 5.95. The maximum atomic E-state index is 13.0. The summed E-state index contributed by atoms with van der Waals surface area (Å²) in [5.74, 6) is -0.216. The molecule has 0 aliphatic rings. The van der Waals surface area contributed by atoms with Crippen molar-refractivity contribution < 1.29 is 9.50 Å². The molecule has 0 amide bonds. The Morgan fingerprint density at radius 3 is 2.95 bits per heavy atom. The first-order valence-electron chi connectivity index (χ1n) is 6.23. The van der Waals surface area contributed by atoms with Gasteiger partial charge < -0.3 is 15.4 Å². The Morgan fingerprint density at radius 1 is 1.47 bits per heavy atom. The number of halogens is 1. The lowest BCUT2D eigenvalue weighted by atomic mass is 10.1. The number of hydrogen-bond acceptors (Lipinski definition) is 3. The zero-order chi connectivity index (χ0) is 13.8. The van der Waals surface area contributed by atoms with Crippen molar-refractivity contribution in [1.82, 2.24) is 9.55 Å². The molecule has 0 spiro atoms. The van der Waals surface area contributed by atoms with Crippen LogP contribution in [0.1, 0.15) is 22.9 Å². The molecule has 0 radical (unpaired) electrons. The highest BCUT2D eigenvalue weighted by atomic mass is 19.1. The van der Waals surface area contributed by atoms with Crippen molar-refractivity contribution in [3.05, 3.63) is 53.4 Å². The Kier molecular flexibility index (Phi) is 4.29. The number of hydrogen-bond donors (Lipinski definition) is 2. The largest absolute Gasteiger partial charge is 0.394 e. The normalized spacial score (nSPS) is 12.6. The fourth-order valence-electron chi connectivity index (χ4n) is 2.10. The summed E-state index contributed by atoms with van der Waals surface area (Å²) in [4.78, 5) is 4.05. The lowest BCUT2D eigenvalue weighted by Gasteiger charge is -2.13. The minimum Gasteiger partial charge on any atom is -0.394 e. The predicted octanol–water partition coefficient (Wildman–Crippen LogP) is 1.57. The van der Waals surface area contributed by atoms with Crippen LogP contribution < -0.4 is 5.73 Å². The SMILES string of the molecule is Cc1cc(F)ccc1CCn1cncc1C(N)CO. The van der Waals surface area contributed by atoms with Gasteiger partial charge in [0.1, 0.15) is 5.82 Å². The lowest BCUT2D eigenvalue weighted by Crippen LogP contribution is -2.19. The minimum absolute atomic E-state index is 0.110. The van der Waals surface area contributed by atoms with Crippen LogP contribution in [-0.4, -0.2) is 21.3 Å². The Hall–Kier alpha value is -1.72. The van der Waals surface area contributed by atoms with Gasteiger partial charge in [0.05, 0.1) is 24.7 Å². The maximum Gasteiger partial charge on any atom is 0.123 e. The molecule has 1 atom stereocenters. The molecule has 0 aliphatic carbocycles. The van der Waals surface area contributed by atoms with Gasteiger partial charge in [0.25, 0.3) is 0 Å². The number of aliphatic hydroxyl groups is 1. The number of rotatable bonds is 5. The van der Waals surface area contributed by atoms with Crippen LogP contribution in [0.5, 0.6) is 0 Å². The lowest BCUT2D eigenvalue weighted by molar-refractivity contribution is 0.263. The summed E-state index contributed by atoms with van der Waals surface area (Å²) >= 11 is 0. The molecule has 0 saturated carbocycles. The van der Waals surface area contributed by atoms with Gasteiger partial charge in [-0.25, -0.2) is 9.37 Å². The quantitative estimate of drug-likeness (QED) is 0.860. The van der Waals surface area contributed by atoms with E-state index in [4.69, 9.17) is 10.8 Å². The van der Waals surface area contributed by atoms with Crippen molar-refractivity contribution in [3.8, 4) is 0 Å². The van der Waals surface area contributed by atoms with E-state index in [-0.39, 0.29) is 12.4 Å². The fourth-order valence-corrected chi connectivity index (χ4v) is 2.10. The zero-order valence-electron chi connectivity index (χ0n) is 10.9. The number of benzene rings is 1. The molecule has 1 aromatic heterocycles. The third kappa shape index (κ3) is 3.19. The van der Waals surface area contributed by atoms with Crippen LogP contribution in [0.4, 0.5) is 4.39 Å². The monoisotopic (exact) mass is 263 g/mol. The summed E-state index contributed by atoms with van der Waals surface area (Å²) in [6.45, 7) is 2.49. The van der Waals surface area contributed by atoms with E-state index in [1.165, 1.54) is 12.1 Å². The van der Waals surface area contributed by atoms with Crippen LogP contribution in [0.2, 0.25) is 0 Å². The predicted molar refractivity (Wildman–Crippen MR) is 71.1 cm³/mol.